The molecule has 2 aliphatic rings. The van der Waals surface area contributed by atoms with Crippen LogP contribution in [0.3, 0.4) is 0 Å². The number of nitrogens with zero attached hydrogens (tertiary/aromatic N) is 1. The van der Waals surface area contributed by atoms with Crippen molar-refractivity contribution in [3.05, 3.63) is 0 Å². The Balaban J connectivity index is 1.88. The van der Waals surface area contributed by atoms with Crippen molar-refractivity contribution in [3.63, 3.8) is 0 Å². The van der Waals surface area contributed by atoms with Gasteiger partial charge in [0.2, 0.25) is 0 Å². The van der Waals surface area contributed by atoms with Crippen LogP contribution in [-0.2, 0) is 0 Å². The molecule has 0 atom stereocenters. The van der Waals surface area contributed by atoms with E-state index in [2.05, 4.69) is 17.1 Å². The molecule has 0 aromatic rings. The zero-order chi connectivity index (χ0) is 12.7. The molecule has 1 saturated carbocycles. The topological polar surface area (TPSA) is 15.3 Å². The van der Waals surface area contributed by atoms with Crippen molar-refractivity contribution >= 4 is 0 Å². The second kappa shape index (κ2) is 7.49. The molecule has 0 aromatic heterocycles. The summed E-state index contributed by atoms with van der Waals surface area (Å²) in [4.78, 5) is 2.84. The van der Waals surface area contributed by atoms with Crippen molar-refractivity contribution in [2.75, 3.05) is 26.2 Å². The molecule has 0 bridgehead atoms. The van der Waals surface area contributed by atoms with Crippen molar-refractivity contribution < 1.29 is 0 Å². The van der Waals surface area contributed by atoms with Gasteiger partial charge in [-0.15, -0.1) is 0 Å². The fourth-order valence-corrected chi connectivity index (χ4v) is 3.81. The summed E-state index contributed by atoms with van der Waals surface area (Å²) in [6, 6.07) is 0. The summed E-state index contributed by atoms with van der Waals surface area (Å²) in [7, 11) is 0. The molecule has 1 N–H and O–H groups in total. The van der Waals surface area contributed by atoms with E-state index in [-0.39, 0.29) is 0 Å². The molecule has 1 aliphatic heterocycles. The molecule has 2 nitrogen and oxygen atoms in total. The fraction of sp³-hybridized carbons (Fsp3) is 1.00. The Morgan fingerprint density at radius 2 is 1.61 bits per heavy atom. The number of hydrogen-bond donors (Lipinski definition) is 1. The predicted octanol–water partition coefficient (Wildman–Crippen LogP) is 3.56. The largest absolute Gasteiger partial charge is 0.315 e. The molecule has 2 heteroatoms. The van der Waals surface area contributed by atoms with E-state index >= 15 is 0 Å². The Morgan fingerprint density at radius 3 is 2.28 bits per heavy atom. The van der Waals surface area contributed by atoms with Gasteiger partial charge in [-0.05, 0) is 51.7 Å². The van der Waals surface area contributed by atoms with Gasteiger partial charge < -0.3 is 5.32 Å². The van der Waals surface area contributed by atoms with E-state index in [0.717, 1.165) is 0 Å². The van der Waals surface area contributed by atoms with Crippen molar-refractivity contribution in [2.24, 2.45) is 0 Å². The lowest BCUT2D eigenvalue weighted by molar-refractivity contribution is 0.0336. The number of nitrogens with one attached hydrogen (secondary N) is 1. The lowest BCUT2D eigenvalue weighted by atomic mass is 9.79. The van der Waals surface area contributed by atoms with Gasteiger partial charge in [0.25, 0.3) is 0 Å². The third-order valence-electron chi connectivity index (χ3n) is 4.97. The summed E-state index contributed by atoms with van der Waals surface area (Å²) < 4.78 is 0. The Labute approximate surface area is 114 Å². The molecule has 2 rings (SSSR count). The van der Waals surface area contributed by atoms with Crippen LogP contribution in [0.25, 0.3) is 0 Å². The van der Waals surface area contributed by atoms with Crippen LogP contribution in [0, 0.1) is 0 Å². The van der Waals surface area contributed by atoms with Gasteiger partial charge in [-0.1, -0.05) is 39.0 Å². The quantitative estimate of drug-likeness (QED) is 0.727. The maximum atomic E-state index is 3.75. The molecule has 18 heavy (non-hydrogen) atoms. The van der Waals surface area contributed by atoms with Gasteiger partial charge in [0.05, 0.1) is 0 Å². The molecule has 106 valence electrons. The van der Waals surface area contributed by atoms with Gasteiger partial charge in [-0.3, -0.25) is 4.90 Å². The first-order chi connectivity index (χ1) is 8.87. The number of unbranched alkanes of at least 4 members (excludes halogenated alkanes) is 1. The van der Waals surface area contributed by atoms with Crippen LogP contribution in [0.2, 0.25) is 0 Å². The zero-order valence-corrected chi connectivity index (χ0v) is 12.3. The second-order valence-electron chi connectivity index (χ2n) is 6.36. The molecule has 0 amide bonds. The molecule has 0 unspecified atom stereocenters. The SMILES string of the molecule is CCCCNCC1(N2CCCCC2)CCCCC1. The normalized spacial score (nSPS) is 25.2. The molecule has 0 aromatic carbocycles. The molecule has 0 spiro atoms. The highest BCUT2D eigenvalue weighted by molar-refractivity contribution is 4.95. The van der Waals surface area contributed by atoms with Crippen molar-refractivity contribution in [1.29, 1.82) is 0 Å². The first-order valence-corrected chi connectivity index (χ1v) is 8.33. The molecular weight excluding hydrogens is 220 g/mol. The first-order valence-electron chi connectivity index (χ1n) is 8.33. The summed E-state index contributed by atoms with van der Waals surface area (Å²) in [5.41, 5.74) is 0.520. The van der Waals surface area contributed by atoms with E-state index in [9.17, 15) is 0 Å². The summed E-state index contributed by atoms with van der Waals surface area (Å²) in [5.74, 6) is 0. The summed E-state index contributed by atoms with van der Waals surface area (Å²) >= 11 is 0. The standard InChI is InChI=1S/C16H32N2/c1-2-3-12-17-15-16(10-6-4-7-11-16)18-13-8-5-9-14-18/h17H,2-15H2,1H3. The Bertz CT molecular complexity index is 215. The average Bonchev–Trinajstić information content (AvgIpc) is 2.46. The van der Waals surface area contributed by atoms with E-state index in [1.54, 1.807) is 0 Å². The van der Waals surface area contributed by atoms with Crippen molar-refractivity contribution in [2.45, 2.75) is 76.7 Å². The highest BCUT2D eigenvalue weighted by atomic mass is 15.2. The number of rotatable bonds is 6. The second-order valence-corrected chi connectivity index (χ2v) is 6.36. The third kappa shape index (κ3) is 3.71. The van der Waals surface area contributed by atoms with Crippen LogP contribution in [0.1, 0.15) is 71.1 Å². The summed E-state index contributed by atoms with van der Waals surface area (Å²) in [6.07, 6.45) is 14.2. The zero-order valence-electron chi connectivity index (χ0n) is 12.3. The van der Waals surface area contributed by atoms with E-state index in [1.807, 2.05) is 0 Å². The summed E-state index contributed by atoms with van der Waals surface area (Å²) in [5, 5.41) is 3.75. The fourth-order valence-electron chi connectivity index (χ4n) is 3.81. The Morgan fingerprint density at radius 1 is 0.944 bits per heavy atom. The minimum absolute atomic E-state index is 0.520. The smallest absolute Gasteiger partial charge is 0.0333 e. The van der Waals surface area contributed by atoms with E-state index in [0.29, 0.717) is 5.54 Å². The molecule has 0 radical (unpaired) electrons. The maximum Gasteiger partial charge on any atom is 0.0333 e. The van der Waals surface area contributed by atoms with E-state index in [1.165, 1.54) is 90.4 Å². The number of likely N-dealkylation sites (tertiary alicyclic amines) is 1. The average molecular weight is 252 g/mol. The Hall–Kier alpha value is -0.0800. The third-order valence-corrected chi connectivity index (χ3v) is 4.97. The minimum Gasteiger partial charge on any atom is -0.315 e. The van der Waals surface area contributed by atoms with Crippen LogP contribution in [0.15, 0.2) is 0 Å². The van der Waals surface area contributed by atoms with Crippen LogP contribution in [0.5, 0.6) is 0 Å². The molecular formula is C16H32N2. The highest BCUT2D eigenvalue weighted by Gasteiger charge is 2.37. The van der Waals surface area contributed by atoms with E-state index in [4.69, 9.17) is 0 Å². The van der Waals surface area contributed by atoms with Gasteiger partial charge in [0.1, 0.15) is 0 Å². The van der Waals surface area contributed by atoms with Crippen LogP contribution in [-0.4, -0.2) is 36.6 Å². The Kier molecular flexibility index (Phi) is 5.97. The van der Waals surface area contributed by atoms with Gasteiger partial charge in [0.15, 0.2) is 0 Å². The van der Waals surface area contributed by atoms with Gasteiger partial charge in [-0.2, -0.15) is 0 Å². The number of hydrogen-bond acceptors (Lipinski definition) is 2. The van der Waals surface area contributed by atoms with Crippen LogP contribution < -0.4 is 5.32 Å². The van der Waals surface area contributed by atoms with Crippen LogP contribution >= 0.6 is 0 Å². The van der Waals surface area contributed by atoms with Gasteiger partial charge >= 0.3 is 0 Å². The minimum atomic E-state index is 0.520. The van der Waals surface area contributed by atoms with Crippen molar-refractivity contribution in [3.8, 4) is 0 Å². The van der Waals surface area contributed by atoms with Crippen molar-refractivity contribution in [1.82, 2.24) is 10.2 Å². The predicted molar refractivity (Wildman–Crippen MR) is 79.0 cm³/mol. The first kappa shape index (κ1) is 14.3. The highest BCUT2D eigenvalue weighted by Crippen LogP contribution is 2.35. The monoisotopic (exact) mass is 252 g/mol. The molecule has 2 fully saturated rings. The van der Waals surface area contributed by atoms with Crippen LogP contribution in [0.4, 0.5) is 0 Å². The summed E-state index contributed by atoms with van der Waals surface area (Å²) in [6.45, 7) is 7.45. The van der Waals surface area contributed by atoms with E-state index < -0.39 is 0 Å². The van der Waals surface area contributed by atoms with Gasteiger partial charge in [-0.25, -0.2) is 0 Å². The number of piperidine rings is 1. The lowest BCUT2D eigenvalue weighted by Gasteiger charge is -2.48. The molecule has 1 saturated heterocycles. The van der Waals surface area contributed by atoms with Gasteiger partial charge in [0, 0.05) is 12.1 Å². The molecule has 1 aliphatic carbocycles. The maximum absolute atomic E-state index is 3.75. The lowest BCUT2D eigenvalue weighted by Crippen LogP contribution is -2.57. The molecule has 1 heterocycles.